The summed E-state index contributed by atoms with van der Waals surface area (Å²) in [5, 5.41) is 5.73. The Kier molecular flexibility index (Phi) is 5.68. The fraction of sp³-hybridized carbons (Fsp3) is 0.103. The Labute approximate surface area is 204 Å². The maximum Gasteiger partial charge on any atom is 0.244 e. The van der Waals surface area contributed by atoms with Crippen molar-refractivity contribution < 1.29 is 4.74 Å². The second kappa shape index (κ2) is 8.81. The van der Waals surface area contributed by atoms with Crippen molar-refractivity contribution in [1.29, 1.82) is 0 Å². The summed E-state index contributed by atoms with van der Waals surface area (Å²) in [5.74, 6) is 1.40. The summed E-state index contributed by atoms with van der Waals surface area (Å²) < 4.78 is 8.79. The van der Waals surface area contributed by atoms with Gasteiger partial charge >= 0.3 is 0 Å². The van der Waals surface area contributed by atoms with E-state index in [4.69, 9.17) is 4.74 Å². The van der Waals surface area contributed by atoms with Gasteiger partial charge in [-0.1, -0.05) is 48.5 Å². The summed E-state index contributed by atoms with van der Waals surface area (Å²) in [6.07, 6.45) is 5.48. The van der Waals surface area contributed by atoms with Crippen LogP contribution < -0.4 is 4.74 Å². The van der Waals surface area contributed by atoms with E-state index >= 15 is 0 Å². The van der Waals surface area contributed by atoms with Crippen molar-refractivity contribution >= 4 is 44.9 Å². The summed E-state index contributed by atoms with van der Waals surface area (Å²) in [5.41, 5.74) is 4.74. The predicted molar refractivity (Wildman–Crippen MR) is 141 cm³/mol. The first-order chi connectivity index (χ1) is 16.2. The van der Waals surface area contributed by atoms with Gasteiger partial charge in [0.05, 0.1) is 0 Å². The van der Waals surface area contributed by atoms with Crippen molar-refractivity contribution in [3.8, 4) is 11.6 Å². The van der Waals surface area contributed by atoms with Crippen molar-refractivity contribution in [2.75, 3.05) is 0 Å². The van der Waals surface area contributed by atoms with Crippen molar-refractivity contribution in [2.45, 2.75) is 20.4 Å². The molecule has 0 saturated carbocycles. The minimum absolute atomic E-state index is 0. The SMILES string of the molecule is Cc1c(C)n(Cc2ccc3ccccc3c2)c2c(Oc3cccc4cnccc34)nccc12.Cl. The molecule has 0 amide bonds. The van der Waals surface area contributed by atoms with Gasteiger partial charge in [-0.05, 0) is 60.0 Å². The van der Waals surface area contributed by atoms with Crippen LogP contribution in [0.2, 0.25) is 0 Å². The van der Waals surface area contributed by atoms with Crippen LogP contribution in [0.15, 0.2) is 91.4 Å². The van der Waals surface area contributed by atoms with Gasteiger partial charge in [-0.25, -0.2) is 4.98 Å². The summed E-state index contributed by atoms with van der Waals surface area (Å²) in [6, 6.07) is 25.2. The van der Waals surface area contributed by atoms with E-state index in [1.54, 1.807) is 6.20 Å². The molecule has 6 rings (SSSR count). The van der Waals surface area contributed by atoms with E-state index in [9.17, 15) is 0 Å². The zero-order chi connectivity index (χ0) is 22.4. The molecule has 0 radical (unpaired) electrons. The minimum Gasteiger partial charge on any atom is -0.436 e. The van der Waals surface area contributed by atoms with Gasteiger partial charge in [0.15, 0.2) is 0 Å². The summed E-state index contributed by atoms with van der Waals surface area (Å²) in [6.45, 7) is 5.09. The molecular formula is C29H24ClN3O. The van der Waals surface area contributed by atoms with E-state index in [1.165, 1.54) is 33.0 Å². The first-order valence-electron chi connectivity index (χ1n) is 11.1. The molecule has 0 N–H and O–H groups in total. The van der Waals surface area contributed by atoms with Gasteiger partial charge in [-0.2, -0.15) is 0 Å². The largest absolute Gasteiger partial charge is 0.436 e. The van der Waals surface area contributed by atoms with Crippen molar-refractivity contribution in [1.82, 2.24) is 14.5 Å². The number of rotatable bonds is 4. The molecule has 0 unspecified atom stereocenters. The van der Waals surface area contributed by atoms with Crippen molar-refractivity contribution in [2.24, 2.45) is 0 Å². The van der Waals surface area contributed by atoms with E-state index in [0.29, 0.717) is 5.88 Å². The molecule has 0 aliphatic heterocycles. The average Bonchev–Trinajstić information content (AvgIpc) is 3.10. The van der Waals surface area contributed by atoms with Gasteiger partial charge in [0.25, 0.3) is 0 Å². The molecule has 0 bridgehead atoms. The standard InChI is InChI=1S/C29H23N3O.ClH/c1-19-20(2)32(18-21-10-11-22-6-3-4-7-23(22)16-21)28-25(19)13-15-31-29(28)33-27-9-5-8-24-17-30-14-12-26(24)27;/h3-17H,18H2,1-2H3;1H. The second-order valence-corrected chi connectivity index (χ2v) is 8.45. The number of ether oxygens (including phenoxy) is 1. The number of aromatic nitrogens is 3. The lowest BCUT2D eigenvalue weighted by molar-refractivity contribution is 0.471. The quantitative estimate of drug-likeness (QED) is 0.269. The molecule has 3 aromatic carbocycles. The molecule has 0 aliphatic carbocycles. The summed E-state index contributed by atoms with van der Waals surface area (Å²) in [7, 11) is 0. The zero-order valence-electron chi connectivity index (χ0n) is 19.0. The number of aryl methyl sites for hydroxylation is 1. The number of nitrogens with zero attached hydrogens (tertiary/aromatic N) is 3. The predicted octanol–water partition coefficient (Wildman–Crippen LogP) is 7.62. The molecule has 0 aliphatic rings. The Bertz CT molecular complexity index is 1650. The van der Waals surface area contributed by atoms with Crippen LogP contribution in [0.3, 0.4) is 0 Å². The minimum atomic E-state index is 0. The Balaban J connectivity index is 0.00000241. The molecule has 3 aromatic heterocycles. The third-order valence-corrected chi connectivity index (χ3v) is 6.51. The maximum atomic E-state index is 6.46. The highest BCUT2D eigenvalue weighted by Crippen LogP contribution is 2.36. The van der Waals surface area contributed by atoms with E-state index < -0.39 is 0 Å². The van der Waals surface area contributed by atoms with Crippen LogP contribution in [-0.2, 0) is 6.54 Å². The van der Waals surface area contributed by atoms with Crippen LogP contribution in [0.4, 0.5) is 0 Å². The molecule has 34 heavy (non-hydrogen) atoms. The highest BCUT2D eigenvalue weighted by molar-refractivity contribution is 5.91. The topological polar surface area (TPSA) is 39.9 Å². The molecule has 168 valence electrons. The van der Waals surface area contributed by atoms with Crippen LogP contribution >= 0.6 is 12.4 Å². The summed E-state index contributed by atoms with van der Waals surface area (Å²) in [4.78, 5) is 8.89. The highest BCUT2D eigenvalue weighted by atomic mass is 35.5. The molecule has 6 aromatic rings. The van der Waals surface area contributed by atoms with Crippen LogP contribution in [0.1, 0.15) is 16.8 Å². The zero-order valence-corrected chi connectivity index (χ0v) is 19.8. The van der Waals surface area contributed by atoms with E-state index in [-0.39, 0.29) is 12.4 Å². The second-order valence-electron chi connectivity index (χ2n) is 8.45. The van der Waals surface area contributed by atoms with Crippen molar-refractivity contribution in [3.63, 3.8) is 0 Å². The lowest BCUT2D eigenvalue weighted by atomic mass is 10.1. The summed E-state index contributed by atoms with van der Waals surface area (Å²) >= 11 is 0. The lowest BCUT2D eigenvalue weighted by Crippen LogP contribution is -2.03. The monoisotopic (exact) mass is 465 g/mol. The normalized spacial score (nSPS) is 11.1. The van der Waals surface area contributed by atoms with Gasteiger partial charge in [-0.15, -0.1) is 12.4 Å². The number of benzene rings is 3. The van der Waals surface area contributed by atoms with Gasteiger partial charge in [0.1, 0.15) is 11.3 Å². The fourth-order valence-electron chi connectivity index (χ4n) is 4.64. The number of hydrogen-bond acceptors (Lipinski definition) is 3. The smallest absolute Gasteiger partial charge is 0.244 e. The van der Waals surface area contributed by atoms with E-state index in [0.717, 1.165) is 28.6 Å². The number of hydrogen-bond donors (Lipinski definition) is 0. The maximum absolute atomic E-state index is 6.46. The third-order valence-electron chi connectivity index (χ3n) is 6.51. The van der Waals surface area contributed by atoms with Gasteiger partial charge in [0.2, 0.25) is 5.88 Å². The van der Waals surface area contributed by atoms with Gasteiger partial charge < -0.3 is 9.30 Å². The molecule has 3 heterocycles. The van der Waals surface area contributed by atoms with Gasteiger partial charge in [0, 0.05) is 47.0 Å². The molecule has 0 saturated heterocycles. The fourth-order valence-corrected chi connectivity index (χ4v) is 4.64. The third kappa shape index (κ3) is 3.66. The Hall–Kier alpha value is -3.89. The van der Waals surface area contributed by atoms with E-state index in [1.807, 2.05) is 36.7 Å². The average molecular weight is 466 g/mol. The van der Waals surface area contributed by atoms with Crippen LogP contribution in [0.25, 0.3) is 32.4 Å². The van der Waals surface area contributed by atoms with E-state index in [2.05, 4.69) is 76.9 Å². The first kappa shape index (κ1) is 21.9. The van der Waals surface area contributed by atoms with Gasteiger partial charge in [-0.3, -0.25) is 4.98 Å². The Morgan fingerprint density at radius 1 is 0.794 bits per heavy atom. The Morgan fingerprint density at radius 2 is 1.59 bits per heavy atom. The van der Waals surface area contributed by atoms with Crippen LogP contribution in [0.5, 0.6) is 11.6 Å². The molecule has 0 spiro atoms. The highest BCUT2D eigenvalue weighted by Gasteiger charge is 2.18. The lowest BCUT2D eigenvalue weighted by Gasteiger charge is -2.13. The van der Waals surface area contributed by atoms with Crippen molar-refractivity contribution in [3.05, 3.63) is 108 Å². The number of pyridine rings is 2. The number of halogens is 1. The molecule has 0 fully saturated rings. The molecule has 4 nitrogen and oxygen atoms in total. The number of fused-ring (bicyclic) bond motifs is 3. The Morgan fingerprint density at radius 3 is 2.47 bits per heavy atom. The molecular weight excluding hydrogens is 442 g/mol. The molecule has 5 heteroatoms. The first-order valence-corrected chi connectivity index (χ1v) is 11.1. The molecule has 0 atom stereocenters. The van der Waals surface area contributed by atoms with Crippen LogP contribution in [-0.4, -0.2) is 14.5 Å². The van der Waals surface area contributed by atoms with Crippen LogP contribution in [0, 0.1) is 13.8 Å².